The third-order valence-electron chi connectivity index (χ3n) is 3.71. The van der Waals surface area contributed by atoms with Crippen LogP contribution in [0.3, 0.4) is 0 Å². The molecule has 4 rings (SSSR count). The van der Waals surface area contributed by atoms with Crippen LogP contribution in [-0.2, 0) is 0 Å². The van der Waals surface area contributed by atoms with Gasteiger partial charge in [-0.05, 0) is 24.6 Å². The molecule has 3 heterocycles. The van der Waals surface area contributed by atoms with Gasteiger partial charge in [0.25, 0.3) is 5.88 Å². The minimum absolute atomic E-state index is 0.0404. The Bertz CT molecular complexity index is 1110. The standard InChI is InChI=1S/C17H13FN4O2S.C2H6/c1-8-4-9(14-11(5-8)20-13(23-2)7-19-14)16-21-12-6-10(18)15(24-3)22-17(12)25-16;1-2/h4-7H,1-3H3;1-2H3. The first-order valence-electron chi connectivity index (χ1n) is 8.42. The maximum Gasteiger partial charge on any atom is 0.251 e. The van der Waals surface area contributed by atoms with Crippen molar-refractivity contribution in [2.45, 2.75) is 20.8 Å². The predicted octanol–water partition coefficient (Wildman–Crippen LogP) is 4.79. The first-order chi connectivity index (χ1) is 13.1. The number of pyridine rings is 1. The fourth-order valence-corrected chi connectivity index (χ4v) is 3.52. The molecule has 3 aromatic heterocycles. The molecule has 4 aromatic rings. The molecular weight excluding hydrogens is 367 g/mol. The zero-order valence-electron chi connectivity index (χ0n) is 15.7. The Morgan fingerprint density at radius 2 is 1.74 bits per heavy atom. The molecule has 1 aromatic carbocycles. The van der Waals surface area contributed by atoms with Gasteiger partial charge in [-0.2, -0.15) is 4.98 Å². The highest BCUT2D eigenvalue weighted by atomic mass is 32.1. The van der Waals surface area contributed by atoms with Crippen molar-refractivity contribution in [3.8, 4) is 22.3 Å². The minimum Gasteiger partial charge on any atom is -0.480 e. The Hall–Kier alpha value is -2.87. The second kappa shape index (κ2) is 7.79. The van der Waals surface area contributed by atoms with Gasteiger partial charge in [0.2, 0.25) is 5.88 Å². The van der Waals surface area contributed by atoms with Crippen LogP contribution in [0.15, 0.2) is 24.4 Å². The lowest BCUT2D eigenvalue weighted by molar-refractivity contribution is 0.371. The molecular formula is C19H19FN4O2S. The maximum absolute atomic E-state index is 13.9. The van der Waals surface area contributed by atoms with Crippen molar-refractivity contribution in [2.24, 2.45) is 0 Å². The largest absolute Gasteiger partial charge is 0.480 e. The van der Waals surface area contributed by atoms with E-state index in [0.29, 0.717) is 32.3 Å². The van der Waals surface area contributed by atoms with Crippen molar-refractivity contribution in [1.82, 2.24) is 19.9 Å². The second-order valence-electron chi connectivity index (χ2n) is 5.42. The molecule has 0 aliphatic carbocycles. The molecule has 6 nitrogen and oxygen atoms in total. The van der Waals surface area contributed by atoms with Crippen LogP contribution in [-0.4, -0.2) is 34.2 Å². The molecule has 140 valence electrons. The Balaban J connectivity index is 0.00000102. The normalized spacial score (nSPS) is 10.6. The summed E-state index contributed by atoms with van der Waals surface area (Å²) >= 11 is 1.35. The number of rotatable bonds is 3. The third-order valence-corrected chi connectivity index (χ3v) is 4.71. The third kappa shape index (κ3) is 3.52. The van der Waals surface area contributed by atoms with E-state index in [1.54, 1.807) is 13.3 Å². The molecule has 0 unspecified atom stereocenters. The first kappa shape index (κ1) is 18.9. The number of aryl methyl sites for hydroxylation is 1. The van der Waals surface area contributed by atoms with Crippen molar-refractivity contribution < 1.29 is 13.9 Å². The van der Waals surface area contributed by atoms with E-state index in [9.17, 15) is 4.39 Å². The molecule has 0 radical (unpaired) electrons. The zero-order chi connectivity index (χ0) is 19.6. The average Bonchev–Trinajstić information content (AvgIpc) is 3.10. The molecule has 27 heavy (non-hydrogen) atoms. The number of fused-ring (bicyclic) bond motifs is 2. The summed E-state index contributed by atoms with van der Waals surface area (Å²) in [7, 11) is 2.93. The molecule has 0 saturated carbocycles. The molecule has 0 aliphatic rings. The summed E-state index contributed by atoms with van der Waals surface area (Å²) in [6.45, 7) is 5.97. The fraction of sp³-hybridized carbons (Fsp3) is 0.263. The van der Waals surface area contributed by atoms with Gasteiger partial charge in [-0.1, -0.05) is 25.2 Å². The molecule has 0 amide bonds. The number of thiazole rings is 1. The van der Waals surface area contributed by atoms with E-state index in [0.717, 1.165) is 11.1 Å². The van der Waals surface area contributed by atoms with E-state index in [-0.39, 0.29) is 5.88 Å². The molecule has 0 spiro atoms. The van der Waals surface area contributed by atoms with Gasteiger partial charge in [0.05, 0.1) is 31.4 Å². The van der Waals surface area contributed by atoms with E-state index < -0.39 is 5.82 Å². The number of hydrogen-bond donors (Lipinski definition) is 0. The van der Waals surface area contributed by atoms with Gasteiger partial charge in [0.15, 0.2) is 5.82 Å². The highest BCUT2D eigenvalue weighted by molar-refractivity contribution is 7.21. The van der Waals surface area contributed by atoms with Gasteiger partial charge in [-0.25, -0.2) is 19.3 Å². The van der Waals surface area contributed by atoms with Gasteiger partial charge < -0.3 is 9.47 Å². The molecule has 0 saturated heterocycles. The Kier molecular flexibility index (Phi) is 5.46. The predicted molar refractivity (Wildman–Crippen MR) is 105 cm³/mol. The van der Waals surface area contributed by atoms with Crippen LogP contribution in [0.1, 0.15) is 19.4 Å². The first-order valence-corrected chi connectivity index (χ1v) is 9.23. The summed E-state index contributed by atoms with van der Waals surface area (Å²) in [6.07, 6.45) is 1.56. The number of methoxy groups -OCH3 is 2. The van der Waals surface area contributed by atoms with E-state index in [1.165, 1.54) is 24.5 Å². The number of aromatic nitrogens is 4. The smallest absolute Gasteiger partial charge is 0.251 e. The average molecular weight is 386 g/mol. The van der Waals surface area contributed by atoms with Crippen LogP contribution in [0.2, 0.25) is 0 Å². The van der Waals surface area contributed by atoms with Gasteiger partial charge >= 0.3 is 0 Å². The fourth-order valence-electron chi connectivity index (χ4n) is 2.59. The van der Waals surface area contributed by atoms with E-state index in [1.807, 2.05) is 32.9 Å². The Morgan fingerprint density at radius 3 is 2.44 bits per heavy atom. The SMILES string of the molecule is CC.COc1cnc2c(-c3nc4cc(F)c(OC)nc4s3)cc(C)cc2n1. The van der Waals surface area contributed by atoms with E-state index in [4.69, 9.17) is 9.47 Å². The van der Waals surface area contributed by atoms with Crippen molar-refractivity contribution in [2.75, 3.05) is 14.2 Å². The zero-order valence-corrected chi connectivity index (χ0v) is 16.5. The number of benzene rings is 1. The van der Waals surface area contributed by atoms with Crippen LogP contribution in [0.5, 0.6) is 11.8 Å². The summed E-state index contributed by atoms with van der Waals surface area (Å²) in [5.41, 5.74) is 3.74. The van der Waals surface area contributed by atoms with Crippen LogP contribution < -0.4 is 9.47 Å². The molecule has 0 N–H and O–H groups in total. The topological polar surface area (TPSA) is 70.0 Å². The van der Waals surface area contributed by atoms with Crippen molar-refractivity contribution in [1.29, 1.82) is 0 Å². The number of hydrogen-bond acceptors (Lipinski definition) is 7. The van der Waals surface area contributed by atoms with Crippen molar-refractivity contribution in [3.63, 3.8) is 0 Å². The minimum atomic E-state index is -0.537. The van der Waals surface area contributed by atoms with Crippen LogP contribution >= 0.6 is 11.3 Å². The highest BCUT2D eigenvalue weighted by Crippen LogP contribution is 2.35. The van der Waals surface area contributed by atoms with Gasteiger partial charge in [-0.15, -0.1) is 0 Å². The summed E-state index contributed by atoms with van der Waals surface area (Å²) in [4.78, 5) is 18.2. The number of halogens is 1. The quantitative estimate of drug-likeness (QED) is 0.504. The molecule has 0 bridgehead atoms. The summed E-state index contributed by atoms with van der Waals surface area (Å²) in [5.74, 6) is -0.131. The summed E-state index contributed by atoms with van der Waals surface area (Å²) < 4.78 is 24.0. The Labute approximate surface area is 160 Å². The van der Waals surface area contributed by atoms with Crippen LogP contribution in [0.4, 0.5) is 4.39 Å². The van der Waals surface area contributed by atoms with Crippen molar-refractivity contribution in [3.05, 3.63) is 35.8 Å². The highest BCUT2D eigenvalue weighted by Gasteiger charge is 2.16. The molecule has 0 aliphatic heterocycles. The van der Waals surface area contributed by atoms with Crippen LogP contribution in [0, 0.1) is 12.7 Å². The summed E-state index contributed by atoms with van der Waals surface area (Å²) in [6, 6.07) is 5.24. The number of ether oxygens (including phenoxy) is 2. The molecule has 0 atom stereocenters. The van der Waals surface area contributed by atoms with Crippen LogP contribution in [0.25, 0.3) is 32.0 Å². The van der Waals surface area contributed by atoms with Crippen molar-refractivity contribution >= 4 is 32.7 Å². The monoisotopic (exact) mass is 386 g/mol. The maximum atomic E-state index is 13.9. The van der Waals surface area contributed by atoms with Gasteiger partial charge in [0.1, 0.15) is 15.4 Å². The lowest BCUT2D eigenvalue weighted by Gasteiger charge is -2.06. The number of nitrogens with zero attached hydrogens (tertiary/aromatic N) is 4. The van der Waals surface area contributed by atoms with E-state index >= 15 is 0 Å². The lowest BCUT2D eigenvalue weighted by atomic mass is 10.1. The van der Waals surface area contributed by atoms with Gasteiger partial charge in [-0.3, -0.25) is 0 Å². The summed E-state index contributed by atoms with van der Waals surface area (Å²) in [5, 5.41) is 0.698. The van der Waals surface area contributed by atoms with Gasteiger partial charge in [0, 0.05) is 11.6 Å². The van der Waals surface area contributed by atoms with E-state index in [2.05, 4.69) is 19.9 Å². The molecule has 8 heteroatoms. The second-order valence-corrected chi connectivity index (χ2v) is 6.39. The lowest BCUT2D eigenvalue weighted by Crippen LogP contribution is -1.93. The Morgan fingerprint density at radius 1 is 0.963 bits per heavy atom. The molecule has 0 fully saturated rings.